The van der Waals surface area contributed by atoms with Crippen LogP contribution in [-0.4, -0.2) is 43.7 Å². The number of fused-ring (bicyclic) bond motifs is 1. The van der Waals surface area contributed by atoms with Gasteiger partial charge in [-0.05, 0) is 49.3 Å². The molecule has 162 valence electrons. The summed E-state index contributed by atoms with van der Waals surface area (Å²) in [6, 6.07) is 18.6. The topological polar surface area (TPSA) is 54.5 Å². The van der Waals surface area contributed by atoms with Gasteiger partial charge in [0.15, 0.2) is 5.13 Å². The second kappa shape index (κ2) is 8.97. The van der Waals surface area contributed by atoms with Crippen molar-refractivity contribution in [2.45, 2.75) is 31.1 Å². The maximum atomic E-state index is 13.4. The van der Waals surface area contributed by atoms with Crippen LogP contribution in [0.25, 0.3) is 10.2 Å². The molecular formula is C25H29N3O2S. The molecule has 5 rings (SSSR count). The molecule has 0 unspecified atom stereocenters. The monoisotopic (exact) mass is 435 g/mol. The molecule has 1 N–H and O–H groups in total. The normalized spacial score (nSPS) is 19.4. The van der Waals surface area contributed by atoms with E-state index in [1.165, 1.54) is 4.70 Å². The van der Waals surface area contributed by atoms with Crippen LogP contribution in [0.1, 0.15) is 31.2 Å². The third kappa shape index (κ3) is 4.19. The number of amides is 1. The first-order chi connectivity index (χ1) is 15.2. The van der Waals surface area contributed by atoms with Crippen molar-refractivity contribution in [2.75, 3.05) is 37.7 Å². The number of carbonyl (C=O) groups is 1. The van der Waals surface area contributed by atoms with E-state index >= 15 is 0 Å². The van der Waals surface area contributed by atoms with E-state index in [2.05, 4.69) is 40.5 Å². The van der Waals surface area contributed by atoms with Crippen molar-refractivity contribution >= 4 is 32.6 Å². The van der Waals surface area contributed by atoms with E-state index in [-0.39, 0.29) is 5.91 Å². The Hall–Kier alpha value is -2.44. The van der Waals surface area contributed by atoms with Gasteiger partial charge in [0.05, 0.1) is 15.6 Å². The molecule has 0 aliphatic carbocycles. The summed E-state index contributed by atoms with van der Waals surface area (Å²) < 4.78 is 6.82. The standard InChI is InChI=1S/C25H29N3O2S/c29-23(25(12-16-30-17-13-25)20-6-2-1-3-7-20)26-18-19-10-14-28(15-11-19)24-27-21-8-4-5-9-22(21)31-24/h1-9,19H,10-18H2,(H,26,29). The van der Waals surface area contributed by atoms with Gasteiger partial charge in [0.2, 0.25) is 5.91 Å². The average Bonchev–Trinajstić information content (AvgIpc) is 3.28. The predicted octanol–water partition coefficient (Wildman–Crippen LogP) is 4.38. The minimum atomic E-state index is -0.457. The minimum Gasteiger partial charge on any atom is -0.381 e. The predicted molar refractivity (Wildman–Crippen MR) is 126 cm³/mol. The van der Waals surface area contributed by atoms with E-state index in [1.807, 2.05) is 24.3 Å². The minimum absolute atomic E-state index is 0.163. The summed E-state index contributed by atoms with van der Waals surface area (Å²) in [5, 5.41) is 4.43. The Morgan fingerprint density at radius 3 is 2.52 bits per heavy atom. The molecule has 3 heterocycles. The van der Waals surface area contributed by atoms with Crippen LogP contribution in [0.3, 0.4) is 0 Å². The van der Waals surface area contributed by atoms with Crippen molar-refractivity contribution in [3.05, 3.63) is 60.2 Å². The Bertz CT molecular complexity index is 988. The summed E-state index contributed by atoms with van der Waals surface area (Å²) in [5.41, 5.74) is 1.74. The van der Waals surface area contributed by atoms with Gasteiger partial charge in [-0.3, -0.25) is 4.79 Å². The fourth-order valence-electron chi connectivity index (χ4n) is 4.85. The van der Waals surface area contributed by atoms with E-state index in [1.54, 1.807) is 11.3 Å². The molecule has 0 saturated carbocycles. The molecule has 6 heteroatoms. The Morgan fingerprint density at radius 1 is 1.06 bits per heavy atom. The van der Waals surface area contributed by atoms with E-state index in [0.29, 0.717) is 19.1 Å². The van der Waals surface area contributed by atoms with Crippen LogP contribution in [0, 0.1) is 5.92 Å². The number of aromatic nitrogens is 1. The number of carbonyl (C=O) groups excluding carboxylic acids is 1. The van der Waals surface area contributed by atoms with Crippen LogP contribution >= 0.6 is 11.3 Å². The van der Waals surface area contributed by atoms with Crippen LogP contribution in [-0.2, 0) is 14.9 Å². The Morgan fingerprint density at radius 2 is 1.77 bits per heavy atom. The molecule has 0 bridgehead atoms. The Labute approximate surface area is 187 Å². The van der Waals surface area contributed by atoms with Crippen molar-refractivity contribution < 1.29 is 9.53 Å². The molecule has 2 fully saturated rings. The van der Waals surface area contributed by atoms with Gasteiger partial charge in [0, 0.05) is 32.8 Å². The highest BCUT2D eigenvalue weighted by Gasteiger charge is 2.41. The van der Waals surface area contributed by atoms with Crippen LogP contribution in [0.15, 0.2) is 54.6 Å². The fourth-order valence-corrected chi connectivity index (χ4v) is 5.87. The summed E-state index contributed by atoms with van der Waals surface area (Å²) in [5.74, 6) is 0.679. The molecule has 2 aromatic carbocycles. The van der Waals surface area contributed by atoms with Gasteiger partial charge in [0.1, 0.15) is 0 Å². The lowest BCUT2D eigenvalue weighted by Gasteiger charge is -2.37. The maximum Gasteiger partial charge on any atom is 0.230 e. The lowest BCUT2D eigenvalue weighted by atomic mass is 9.73. The third-order valence-corrected chi connectivity index (χ3v) is 7.92. The van der Waals surface area contributed by atoms with Gasteiger partial charge in [-0.15, -0.1) is 0 Å². The summed E-state index contributed by atoms with van der Waals surface area (Å²) in [4.78, 5) is 20.6. The number of benzene rings is 2. The van der Waals surface area contributed by atoms with Gasteiger partial charge in [-0.2, -0.15) is 0 Å². The van der Waals surface area contributed by atoms with E-state index in [0.717, 1.165) is 61.5 Å². The summed E-state index contributed by atoms with van der Waals surface area (Å²) in [7, 11) is 0. The van der Waals surface area contributed by atoms with Crippen LogP contribution in [0.5, 0.6) is 0 Å². The second-order valence-electron chi connectivity index (χ2n) is 8.67. The number of nitrogens with one attached hydrogen (secondary N) is 1. The zero-order chi connectivity index (χ0) is 21.1. The number of para-hydroxylation sites is 1. The second-order valence-corrected chi connectivity index (χ2v) is 9.67. The first kappa shape index (κ1) is 20.5. The lowest BCUT2D eigenvalue weighted by molar-refractivity contribution is -0.130. The van der Waals surface area contributed by atoms with Crippen LogP contribution in [0.4, 0.5) is 5.13 Å². The quantitative estimate of drug-likeness (QED) is 0.646. The number of ether oxygens (including phenoxy) is 1. The Balaban J connectivity index is 1.19. The SMILES string of the molecule is O=C(NCC1CCN(c2nc3ccccc3s2)CC1)C1(c2ccccc2)CCOCC1. The molecule has 2 saturated heterocycles. The number of nitrogens with zero attached hydrogens (tertiary/aromatic N) is 2. The highest BCUT2D eigenvalue weighted by atomic mass is 32.1. The summed E-state index contributed by atoms with van der Waals surface area (Å²) in [6.07, 6.45) is 3.66. The van der Waals surface area contributed by atoms with E-state index < -0.39 is 5.41 Å². The third-order valence-electron chi connectivity index (χ3n) is 6.83. The zero-order valence-corrected chi connectivity index (χ0v) is 18.6. The molecule has 2 aliphatic rings. The number of rotatable bonds is 5. The van der Waals surface area contributed by atoms with Crippen molar-refractivity contribution in [1.82, 2.24) is 10.3 Å². The first-order valence-electron chi connectivity index (χ1n) is 11.3. The van der Waals surface area contributed by atoms with Gasteiger partial charge in [0.25, 0.3) is 0 Å². The van der Waals surface area contributed by atoms with Crippen LogP contribution in [0.2, 0.25) is 0 Å². The molecular weight excluding hydrogens is 406 g/mol. The highest BCUT2D eigenvalue weighted by Crippen LogP contribution is 2.35. The van der Waals surface area contributed by atoms with E-state index in [4.69, 9.17) is 9.72 Å². The van der Waals surface area contributed by atoms with Gasteiger partial charge < -0.3 is 15.0 Å². The molecule has 3 aromatic rings. The number of hydrogen-bond donors (Lipinski definition) is 1. The van der Waals surface area contributed by atoms with Gasteiger partial charge >= 0.3 is 0 Å². The average molecular weight is 436 g/mol. The molecule has 31 heavy (non-hydrogen) atoms. The number of hydrogen-bond acceptors (Lipinski definition) is 5. The summed E-state index contributed by atoms with van der Waals surface area (Å²) >= 11 is 1.77. The summed E-state index contributed by atoms with van der Waals surface area (Å²) in [6.45, 7) is 4.03. The van der Waals surface area contributed by atoms with Crippen molar-refractivity contribution in [3.63, 3.8) is 0 Å². The van der Waals surface area contributed by atoms with Gasteiger partial charge in [-0.25, -0.2) is 4.98 Å². The fraction of sp³-hybridized carbons (Fsp3) is 0.440. The molecule has 1 amide bonds. The van der Waals surface area contributed by atoms with Crippen molar-refractivity contribution in [1.29, 1.82) is 0 Å². The number of piperidine rings is 1. The van der Waals surface area contributed by atoms with Crippen molar-refractivity contribution in [2.24, 2.45) is 5.92 Å². The van der Waals surface area contributed by atoms with Crippen molar-refractivity contribution in [3.8, 4) is 0 Å². The molecule has 1 aromatic heterocycles. The molecule has 2 aliphatic heterocycles. The smallest absolute Gasteiger partial charge is 0.230 e. The lowest BCUT2D eigenvalue weighted by Crippen LogP contribution is -2.49. The van der Waals surface area contributed by atoms with E-state index in [9.17, 15) is 4.79 Å². The molecule has 0 spiro atoms. The number of anilines is 1. The number of thiazole rings is 1. The van der Waals surface area contributed by atoms with Crippen LogP contribution < -0.4 is 10.2 Å². The molecule has 0 radical (unpaired) electrons. The Kier molecular flexibility index (Phi) is 5.92. The highest BCUT2D eigenvalue weighted by molar-refractivity contribution is 7.22. The largest absolute Gasteiger partial charge is 0.381 e. The first-order valence-corrected chi connectivity index (χ1v) is 12.1. The molecule has 0 atom stereocenters. The molecule has 5 nitrogen and oxygen atoms in total. The zero-order valence-electron chi connectivity index (χ0n) is 17.8. The maximum absolute atomic E-state index is 13.4. The van der Waals surface area contributed by atoms with Gasteiger partial charge in [-0.1, -0.05) is 53.8 Å².